The molecule has 0 amide bonds. The Labute approximate surface area is 246 Å². The Kier molecular flexibility index (Phi) is 10.8. The van der Waals surface area contributed by atoms with Gasteiger partial charge in [-0.25, -0.2) is 4.99 Å². The van der Waals surface area contributed by atoms with Gasteiger partial charge in [-0.1, -0.05) is 63.4 Å². The third-order valence-electron chi connectivity index (χ3n) is 7.72. The van der Waals surface area contributed by atoms with E-state index in [0.717, 1.165) is 58.3 Å². The first-order valence-corrected chi connectivity index (χ1v) is 14.6. The standard InChI is InChI=1S/C35H39F2N3O2/c1-4-8-24(5-2)11-14-28(38)21-33(41)31-18-15-29(19-23(31)3)40-32-10-7-6-9-26-20-27(22-39-34(26)32)25-12-16-30(17-13-25)42-35(36)37/h6-7,9-10,12-13,15-19,22,24,35,38-39H,4-5,8,11,14,20-21H2,1-3H3. The van der Waals surface area contributed by atoms with Crippen LogP contribution in [0.4, 0.5) is 20.2 Å². The molecule has 1 heterocycles. The van der Waals surface area contributed by atoms with Crippen molar-refractivity contribution in [1.82, 2.24) is 0 Å². The molecule has 1 unspecified atom stereocenters. The van der Waals surface area contributed by atoms with Gasteiger partial charge in [-0.05, 0) is 84.3 Å². The Morgan fingerprint density at radius 3 is 2.50 bits per heavy atom. The van der Waals surface area contributed by atoms with Gasteiger partial charge in [0.25, 0.3) is 0 Å². The van der Waals surface area contributed by atoms with Crippen LogP contribution in [0, 0.1) is 18.3 Å². The molecule has 1 aliphatic heterocycles. The lowest BCUT2D eigenvalue weighted by Crippen LogP contribution is -2.13. The number of fused-ring (bicyclic) bond motifs is 1. The van der Waals surface area contributed by atoms with Gasteiger partial charge in [0.15, 0.2) is 5.78 Å². The average molecular weight is 572 g/mol. The summed E-state index contributed by atoms with van der Waals surface area (Å²) in [6.07, 6.45) is 7.80. The number of hydrogen-bond acceptors (Lipinski definition) is 5. The fourth-order valence-electron chi connectivity index (χ4n) is 5.39. The highest BCUT2D eigenvalue weighted by atomic mass is 19.3. The number of ketones is 1. The zero-order chi connectivity index (χ0) is 30.1. The zero-order valence-corrected chi connectivity index (χ0v) is 24.6. The molecule has 5 nitrogen and oxygen atoms in total. The fourth-order valence-corrected chi connectivity index (χ4v) is 5.39. The minimum atomic E-state index is -2.85. The Morgan fingerprint density at radius 2 is 1.81 bits per heavy atom. The van der Waals surface area contributed by atoms with Crippen molar-refractivity contribution in [3.8, 4) is 5.75 Å². The van der Waals surface area contributed by atoms with Gasteiger partial charge in [-0.2, -0.15) is 8.78 Å². The van der Waals surface area contributed by atoms with Crippen LogP contribution in [-0.2, 0) is 6.42 Å². The number of halogens is 2. The van der Waals surface area contributed by atoms with Gasteiger partial charge in [-0.3, -0.25) is 4.79 Å². The Bertz CT molecular complexity index is 1510. The van der Waals surface area contributed by atoms with Crippen LogP contribution in [0.1, 0.15) is 79.4 Å². The van der Waals surface area contributed by atoms with Crippen molar-refractivity contribution in [3.05, 3.63) is 101 Å². The van der Waals surface area contributed by atoms with E-state index in [1.165, 1.54) is 6.42 Å². The smallest absolute Gasteiger partial charge is 0.387 e. The summed E-state index contributed by atoms with van der Waals surface area (Å²) in [7, 11) is 0. The second-order valence-electron chi connectivity index (χ2n) is 10.8. The summed E-state index contributed by atoms with van der Waals surface area (Å²) in [5.41, 5.74) is 6.59. The van der Waals surface area contributed by atoms with E-state index in [0.29, 0.717) is 30.0 Å². The van der Waals surface area contributed by atoms with Gasteiger partial charge < -0.3 is 15.5 Å². The van der Waals surface area contributed by atoms with Crippen molar-refractivity contribution < 1.29 is 18.3 Å². The average Bonchev–Trinajstić information content (AvgIpc) is 3.17. The quantitative estimate of drug-likeness (QED) is 0.159. The minimum absolute atomic E-state index is 0.0239. The van der Waals surface area contributed by atoms with Crippen LogP contribution in [0.5, 0.6) is 5.75 Å². The Hall–Kier alpha value is -4.13. The maximum absolute atomic E-state index is 13.0. The molecule has 3 aromatic rings. The number of nitrogens with zero attached hydrogens (tertiary/aromatic N) is 1. The van der Waals surface area contributed by atoms with Crippen LogP contribution in [-0.4, -0.2) is 18.1 Å². The molecular weight excluding hydrogens is 532 g/mol. The van der Waals surface area contributed by atoms with Crippen LogP contribution in [0.15, 0.2) is 77.9 Å². The molecule has 0 radical (unpaired) electrons. The number of ether oxygens (including phenoxy) is 1. The number of rotatable bonds is 13. The Morgan fingerprint density at radius 1 is 1.05 bits per heavy atom. The molecular formula is C35H39F2N3O2. The highest BCUT2D eigenvalue weighted by molar-refractivity contribution is 6.09. The molecule has 0 spiro atoms. The highest BCUT2D eigenvalue weighted by Crippen LogP contribution is 2.29. The largest absolute Gasteiger partial charge is 0.435 e. The van der Waals surface area contributed by atoms with Crippen LogP contribution >= 0.6 is 0 Å². The lowest BCUT2D eigenvalue weighted by molar-refractivity contribution is -0.0498. The molecule has 0 aliphatic carbocycles. The predicted octanol–water partition coefficient (Wildman–Crippen LogP) is 9.04. The molecule has 0 fully saturated rings. The fraction of sp³-hybridized carbons (Fsp3) is 0.343. The van der Waals surface area contributed by atoms with Crippen molar-refractivity contribution in [1.29, 1.82) is 5.41 Å². The van der Waals surface area contributed by atoms with Crippen LogP contribution < -0.4 is 15.4 Å². The van der Waals surface area contributed by atoms with Crippen LogP contribution in [0.2, 0.25) is 0 Å². The Balaban J connectivity index is 1.48. The number of aryl methyl sites for hydroxylation is 1. The van der Waals surface area contributed by atoms with Crippen molar-refractivity contribution in [2.24, 2.45) is 10.9 Å². The van der Waals surface area contributed by atoms with E-state index in [2.05, 4.69) is 23.9 Å². The molecule has 3 aromatic carbocycles. The summed E-state index contributed by atoms with van der Waals surface area (Å²) in [6.45, 7) is 3.44. The monoisotopic (exact) mass is 571 g/mol. The molecule has 0 bridgehead atoms. The van der Waals surface area contributed by atoms with E-state index in [9.17, 15) is 13.6 Å². The molecule has 7 heteroatoms. The maximum atomic E-state index is 13.0. The minimum Gasteiger partial charge on any atom is -0.435 e. The van der Waals surface area contributed by atoms with Gasteiger partial charge >= 0.3 is 6.61 Å². The van der Waals surface area contributed by atoms with Crippen molar-refractivity contribution in [2.45, 2.75) is 72.3 Å². The summed E-state index contributed by atoms with van der Waals surface area (Å²) in [6, 6.07) is 20.1. The van der Waals surface area contributed by atoms with E-state index < -0.39 is 6.61 Å². The van der Waals surface area contributed by atoms with Crippen LogP contribution in [0.25, 0.3) is 5.57 Å². The van der Waals surface area contributed by atoms with Crippen molar-refractivity contribution >= 4 is 28.4 Å². The first-order chi connectivity index (χ1) is 20.3. The molecule has 0 saturated carbocycles. The van der Waals surface area contributed by atoms with E-state index in [1.807, 2.05) is 55.6 Å². The van der Waals surface area contributed by atoms with Gasteiger partial charge in [0.1, 0.15) is 5.75 Å². The number of alkyl halides is 2. The number of Topliss-reactive ketones (excluding diaryl/α,β-unsaturated/α-hetero) is 1. The van der Waals surface area contributed by atoms with Gasteiger partial charge in [0.2, 0.25) is 0 Å². The molecule has 42 heavy (non-hydrogen) atoms. The zero-order valence-electron chi connectivity index (χ0n) is 24.6. The first kappa shape index (κ1) is 30.8. The molecule has 220 valence electrons. The third kappa shape index (κ3) is 8.21. The normalized spacial score (nSPS) is 13.7. The van der Waals surface area contributed by atoms with Gasteiger partial charge in [-0.15, -0.1) is 0 Å². The summed E-state index contributed by atoms with van der Waals surface area (Å²) >= 11 is 0. The maximum Gasteiger partial charge on any atom is 0.387 e. The lowest BCUT2D eigenvalue weighted by atomic mass is 9.92. The van der Waals surface area contributed by atoms with E-state index >= 15 is 0 Å². The number of carbonyl (C=O) groups is 1. The number of carbonyl (C=O) groups excluding carboxylic acids is 1. The van der Waals surface area contributed by atoms with Crippen molar-refractivity contribution in [2.75, 3.05) is 5.32 Å². The predicted molar refractivity (Wildman–Crippen MR) is 166 cm³/mol. The topological polar surface area (TPSA) is 74.5 Å². The second-order valence-corrected chi connectivity index (χ2v) is 10.8. The summed E-state index contributed by atoms with van der Waals surface area (Å²) < 4.78 is 29.5. The molecule has 1 aliphatic rings. The molecule has 0 aromatic heterocycles. The van der Waals surface area contributed by atoms with Gasteiger partial charge in [0.05, 0.1) is 16.7 Å². The molecule has 0 saturated heterocycles. The summed E-state index contributed by atoms with van der Waals surface area (Å²) in [5.74, 6) is 0.723. The lowest BCUT2D eigenvalue weighted by Gasteiger charge is -2.18. The number of allylic oxidation sites excluding steroid dienone is 1. The summed E-state index contributed by atoms with van der Waals surface area (Å²) in [4.78, 5) is 17.9. The van der Waals surface area contributed by atoms with E-state index in [4.69, 9.17) is 10.4 Å². The van der Waals surface area contributed by atoms with E-state index in [-0.39, 0.29) is 18.0 Å². The van der Waals surface area contributed by atoms with Gasteiger partial charge in [0, 0.05) is 30.3 Å². The number of benzene rings is 2. The SMILES string of the molecule is CCCC(CC)CCC(=N)CC(=O)c1ccc(N=c2ccccc3c2NC=C(c2ccc(OC(F)F)cc2)C3)cc1C. The number of anilines is 1. The van der Waals surface area contributed by atoms with Crippen LogP contribution in [0.3, 0.4) is 0 Å². The first-order valence-electron chi connectivity index (χ1n) is 14.6. The molecule has 2 N–H and O–H groups in total. The van der Waals surface area contributed by atoms with Crippen molar-refractivity contribution in [3.63, 3.8) is 0 Å². The molecule has 1 atom stereocenters. The highest BCUT2D eigenvalue weighted by Gasteiger charge is 2.16. The summed E-state index contributed by atoms with van der Waals surface area (Å²) in [5, 5.41) is 12.5. The van der Waals surface area contributed by atoms with E-state index in [1.54, 1.807) is 24.3 Å². The number of nitrogens with one attached hydrogen (secondary N) is 2. The number of hydrogen-bond donors (Lipinski definition) is 2. The second kappa shape index (κ2) is 14.7. The third-order valence-corrected chi connectivity index (χ3v) is 7.72. The molecule has 4 rings (SSSR count).